The van der Waals surface area contributed by atoms with Gasteiger partial charge in [0.1, 0.15) is 11.0 Å². The van der Waals surface area contributed by atoms with Gasteiger partial charge >= 0.3 is 0 Å². The van der Waals surface area contributed by atoms with E-state index in [4.69, 9.17) is 10.4 Å². The number of nitriles is 1. The fourth-order valence-electron chi connectivity index (χ4n) is 1.06. The molecule has 1 heterocycles. The summed E-state index contributed by atoms with van der Waals surface area (Å²) in [7, 11) is -3.81. The minimum absolute atomic E-state index is 0.167. The molecule has 0 aliphatic rings. The van der Waals surface area contributed by atoms with E-state index in [-0.39, 0.29) is 17.2 Å². The van der Waals surface area contributed by atoms with Gasteiger partial charge in [0.2, 0.25) is 10.0 Å². The Labute approximate surface area is 93.6 Å². The maximum Gasteiger partial charge on any atom is 0.243 e. The third kappa shape index (κ3) is 2.76. The highest BCUT2D eigenvalue weighted by Crippen LogP contribution is 2.11. The summed E-state index contributed by atoms with van der Waals surface area (Å²) < 4.78 is 25.8. The molecule has 6 nitrogen and oxygen atoms in total. The van der Waals surface area contributed by atoms with Crippen LogP contribution in [0.25, 0.3) is 0 Å². The maximum atomic E-state index is 11.8. The molecule has 1 aromatic heterocycles. The smallest absolute Gasteiger partial charge is 0.243 e. The summed E-state index contributed by atoms with van der Waals surface area (Å²) in [6, 6.07) is 3.81. The minimum atomic E-state index is -3.81. The first-order valence-electron chi connectivity index (χ1n) is 4.49. The average molecular weight is 241 g/mol. The minimum Gasteiger partial charge on any atom is -0.395 e. The van der Waals surface area contributed by atoms with Gasteiger partial charge in [-0.1, -0.05) is 0 Å². The maximum absolute atomic E-state index is 11.8. The zero-order valence-corrected chi connectivity index (χ0v) is 9.40. The molecule has 0 spiro atoms. The average Bonchev–Trinajstić information content (AvgIpc) is 2.28. The van der Waals surface area contributed by atoms with Crippen LogP contribution >= 0.6 is 0 Å². The molecule has 1 rings (SSSR count). The highest BCUT2D eigenvalue weighted by atomic mass is 32.2. The van der Waals surface area contributed by atoms with Crippen LogP contribution in [0.3, 0.4) is 0 Å². The molecule has 0 aliphatic carbocycles. The Balaban J connectivity index is 3.13. The summed E-state index contributed by atoms with van der Waals surface area (Å²) in [5, 5.41) is 17.5. The molecule has 16 heavy (non-hydrogen) atoms. The van der Waals surface area contributed by atoms with Gasteiger partial charge < -0.3 is 5.11 Å². The van der Waals surface area contributed by atoms with Gasteiger partial charge in [-0.05, 0) is 19.1 Å². The summed E-state index contributed by atoms with van der Waals surface area (Å²) in [6.45, 7) is 1.20. The van der Waals surface area contributed by atoms with Crippen molar-refractivity contribution in [3.05, 3.63) is 24.0 Å². The molecule has 0 radical (unpaired) electrons. The van der Waals surface area contributed by atoms with Crippen LogP contribution in [0.15, 0.2) is 23.2 Å². The molecule has 0 fully saturated rings. The van der Waals surface area contributed by atoms with Crippen molar-refractivity contribution in [2.75, 3.05) is 6.61 Å². The predicted octanol–water partition coefficient (Wildman–Crippen LogP) is -0.388. The van der Waals surface area contributed by atoms with Crippen molar-refractivity contribution in [2.24, 2.45) is 0 Å². The van der Waals surface area contributed by atoms with Gasteiger partial charge in [0.05, 0.1) is 6.61 Å². The number of rotatable bonds is 4. The molecule has 0 amide bonds. The molecule has 7 heteroatoms. The van der Waals surface area contributed by atoms with Crippen LogP contribution in [0.2, 0.25) is 0 Å². The highest BCUT2D eigenvalue weighted by molar-refractivity contribution is 7.89. The van der Waals surface area contributed by atoms with Gasteiger partial charge in [-0.25, -0.2) is 18.1 Å². The van der Waals surface area contributed by atoms with E-state index in [1.165, 1.54) is 25.3 Å². The lowest BCUT2D eigenvalue weighted by Crippen LogP contribution is -2.35. The van der Waals surface area contributed by atoms with Crippen molar-refractivity contribution in [1.29, 1.82) is 5.26 Å². The Kier molecular flexibility index (Phi) is 3.95. The van der Waals surface area contributed by atoms with Crippen LogP contribution in [0.4, 0.5) is 0 Å². The first-order valence-corrected chi connectivity index (χ1v) is 5.98. The van der Waals surface area contributed by atoms with Crippen molar-refractivity contribution in [1.82, 2.24) is 9.71 Å². The zero-order chi connectivity index (χ0) is 12.2. The van der Waals surface area contributed by atoms with Gasteiger partial charge in [0.15, 0.2) is 5.69 Å². The van der Waals surface area contributed by atoms with Gasteiger partial charge in [0, 0.05) is 12.2 Å². The van der Waals surface area contributed by atoms with Crippen LogP contribution in [0, 0.1) is 11.3 Å². The van der Waals surface area contributed by atoms with Crippen molar-refractivity contribution in [3.8, 4) is 6.07 Å². The third-order valence-corrected chi connectivity index (χ3v) is 3.42. The number of sulfonamides is 1. The van der Waals surface area contributed by atoms with Crippen molar-refractivity contribution >= 4 is 10.0 Å². The summed E-state index contributed by atoms with van der Waals surface area (Å²) in [5.41, 5.74) is -0.167. The number of aliphatic hydroxyl groups excluding tert-OH is 1. The lowest BCUT2D eigenvalue weighted by molar-refractivity contribution is 0.265. The topological polar surface area (TPSA) is 103 Å². The number of aromatic nitrogens is 1. The third-order valence-electron chi connectivity index (χ3n) is 1.80. The molecular weight excluding hydrogens is 230 g/mol. The Morgan fingerprint density at radius 3 is 2.94 bits per heavy atom. The van der Waals surface area contributed by atoms with E-state index in [0.29, 0.717) is 0 Å². The van der Waals surface area contributed by atoms with E-state index in [2.05, 4.69) is 9.71 Å². The van der Waals surface area contributed by atoms with E-state index >= 15 is 0 Å². The fraction of sp³-hybridized carbons (Fsp3) is 0.333. The van der Waals surface area contributed by atoms with E-state index in [0.717, 1.165) is 0 Å². The highest BCUT2D eigenvalue weighted by Gasteiger charge is 2.20. The second kappa shape index (κ2) is 5.03. The number of hydrogen-bond donors (Lipinski definition) is 2. The van der Waals surface area contributed by atoms with Crippen LogP contribution in [0.1, 0.15) is 12.6 Å². The molecule has 0 saturated heterocycles. The van der Waals surface area contributed by atoms with E-state index in [1.807, 2.05) is 0 Å². The number of hydrogen-bond acceptors (Lipinski definition) is 5. The molecule has 0 bridgehead atoms. The Morgan fingerprint density at radius 2 is 2.38 bits per heavy atom. The van der Waals surface area contributed by atoms with Crippen LogP contribution in [0.5, 0.6) is 0 Å². The number of pyridine rings is 1. The summed E-state index contributed by atoms with van der Waals surface area (Å²) >= 11 is 0. The lowest BCUT2D eigenvalue weighted by atomic mass is 10.4. The molecule has 1 atom stereocenters. The fourth-order valence-corrected chi connectivity index (χ4v) is 2.40. The van der Waals surface area contributed by atoms with Crippen molar-refractivity contribution in [2.45, 2.75) is 17.9 Å². The van der Waals surface area contributed by atoms with Gasteiger partial charge in [-0.15, -0.1) is 0 Å². The van der Waals surface area contributed by atoms with E-state index in [1.54, 1.807) is 6.07 Å². The molecule has 0 aliphatic heterocycles. The zero-order valence-electron chi connectivity index (χ0n) is 8.58. The molecule has 86 valence electrons. The standard InChI is InChI=1S/C9H11N3O3S/c1-7(6-13)12-16(14,15)9-3-2-4-11-8(9)5-10/h2-4,7,12-13H,6H2,1H3/t7-/m1/s1. The predicted molar refractivity (Wildman–Crippen MR) is 55.8 cm³/mol. The first-order chi connectivity index (χ1) is 7.51. The summed E-state index contributed by atoms with van der Waals surface area (Å²) in [6.07, 6.45) is 1.34. The Hall–Kier alpha value is -1.49. The molecule has 0 aromatic carbocycles. The number of nitrogens with one attached hydrogen (secondary N) is 1. The van der Waals surface area contributed by atoms with Crippen LogP contribution in [-0.4, -0.2) is 31.2 Å². The van der Waals surface area contributed by atoms with Gasteiger partial charge in [-0.3, -0.25) is 0 Å². The normalized spacial score (nSPS) is 13.1. The number of aliphatic hydroxyl groups is 1. The largest absolute Gasteiger partial charge is 0.395 e. The number of nitrogens with zero attached hydrogens (tertiary/aromatic N) is 2. The lowest BCUT2D eigenvalue weighted by Gasteiger charge is -2.11. The quantitative estimate of drug-likeness (QED) is 0.747. The van der Waals surface area contributed by atoms with Crippen molar-refractivity contribution < 1.29 is 13.5 Å². The monoisotopic (exact) mass is 241 g/mol. The van der Waals surface area contributed by atoms with E-state index < -0.39 is 16.1 Å². The summed E-state index contributed by atoms with van der Waals surface area (Å²) in [5.74, 6) is 0. The van der Waals surface area contributed by atoms with Crippen LogP contribution < -0.4 is 4.72 Å². The summed E-state index contributed by atoms with van der Waals surface area (Å²) in [4.78, 5) is 3.47. The molecular formula is C9H11N3O3S. The van der Waals surface area contributed by atoms with Crippen molar-refractivity contribution in [3.63, 3.8) is 0 Å². The molecule has 1 aromatic rings. The molecule has 0 unspecified atom stereocenters. The first kappa shape index (κ1) is 12.6. The van der Waals surface area contributed by atoms with E-state index in [9.17, 15) is 8.42 Å². The Bertz CT molecular complexity index is 507. The second-order valence-electron chi connectivity index (χ2n) is 3.17. The van der Waals surface area contributed by atoms with Gasteiger partial charge in [-0.2, -0.15) is 5.26 Å². The van der Waals surface area contributed by atoms with Crippen LogP contribution in [-0.2, 0) is 10.0 Å². The molecule has 0 saturated carbocycles. The Morgan fingerprint density at radius 1 is 1.69 bits per heavy atom. The second-order valence-corrected chi connectivity index (χ2v) is 4.85. The SMILES string of the molecule is C[C@H](CO)NS(=O)(=O)c1cccnc1C#N. The molecule has 2 N–H and O–H groups in total. The van der Waals surface area contributed by atoms with Gasteiger partial charge in [0.25, 0.3) is 0 Å².